The average molecular weight is 171 g/mol. The van der Waals surface area contributed by atoms with Crippen molar-refractivity contribution in [1.29, 1.82) is 0 Å². The summed E-state index contributed by atoms with van der Waals surface area (Å²) in [4.78, 5) is 4.15. The van der Waals surface area contributed by atoms with E-state index in [2.05, 4.69) is 15.2 Å². The summed E-state index contributed by atoms with van der Waals surface area (Å²) in [6, 6.07) is 3.75. The number of fused-ring (bicyclic) bond motifs is 2. The van der Waals surface area contributed by atoms with Crippen LogP contribution in [0.2, 0.25) is 0 Å². The van der Waals surface area contributed by atoms with E-state index in [4.69, 9.17) is 4.42 Å². The molecule has 0 saturated heterocycles. The minimum Gasteiger partial charge on any atom is -0.461 e. The van der Waals surface area contributed by atoms with E-state index >= 15 is 0 Å². The summed E-state index contributed by atoms with van der Waals surface area (Å²) in [5.74, 6) is 0. The minimum atomic E-state index is 0.754. The maximum absolute atomic E-state index is 5.27. The molecule has 4 heteroatoms. The molecule has 3 aromatic rings. The fourth-order valence-electron chi connectivity index (χ4n) is 1.33. The van der Waals surface area contributed by atoms with E-state index in [0.717, 1.165) is 22.0 Å². The molecule has 0 aliphatic carbocycles. The van der Waals surface area contributed by atoms with Crippen LogP contribution in [-0.2, 0) is 0 Å². The second kappa shape index (κ2) is 2.26. The zero-order chi connectivity index (χ0) is 8.67. The SMILES string of the molecule is c1coc2cc3cnnc3cc2n1. The number of hydrogen-bond acceptors (Lipinski definition) is 4. The fraction of sp³-hybridized carbons (Fsp3) is 0. The molecule has 3 rings (SSSR count). The van der Waals surface area contributed by atoms with Crippen molar-refractivity contribution in [2.75, 3.05) is 0 Å². The minimum absolute atomic E-state index is 0.754. The highest BCUT2D eigenvalue weighted by Gasteiger charge is 2.01. The lowest BCUT2D eigenvalue weighted by atomic mass is 10.2. The molecule has 0 radical (unpaired) electrons. The lowest BCUT2D eigenvalue weighted by molar-refractivity contribution is 0.598. The molecular formula is C9H5N3O. The zero-order valence-corrected chi connectivity index (χ0v) is 6.64. The van der Waals surface area contributed by atoms with Gasteiger partial charge in [-0.15, -0.1) is 0 Å². The van der Waals surface area contributed by atoms with Crippen molar-refractivity contribution >= 4 is 22.0 Å². The van der Waals surface area contributed by atoms with Gasteiger partial charge >= 0.3 is 0 Å². The van der Waals surface area contributed by atoms with Crippen molar-refractivity contribution in [3.05, 3.63) is 30.8 Å². The standard InChI is InChI=1S/C9H5N3O/c1-2-13-9-3-6-5-11-12-7(6)4-8(9)10-1/h1-5H. The van der Waals surface area contributed by atoms with Crippen LogP contribution in [-0.4, -0.2) is 15.2 Å². The van der Waals surface area contributed by atoms with Gasteiger partial charge < -0.3 is 4.42 Å². The lowest BCUT2D eigenvalue weighted by Crippen LogP contribution is -1.77. The molecule has 0 amide bonds. The Morgan fingerprint density at radius 1 is 1.15 bits per heavy atom. The molecule has 0 spiro atoms. The van der Waals surface area contributed by atoms with Crippen LogP contribution in [0, 0.1) is 0 Å². The van der Waals surface area contributed by atoms with Gasteiger partial charge in [-0.1, -0.05) is 0 Å². The summed E-state index contributed by atoms with van der Waals surface area (Å²) in [6.07, 6.45) is 4.87. The number of nitrogens with zero attached hydrogens (tertiary/aromatic N) is 3. The van der Waals surface area contributed by atoms with Crippen LogP contribution in [0.25, 0.3) is 22.0 Å². The van der Waals surface area contributed by atoms with Gasteiger partial charge in [0.25, 0.3) is 0 Å². The van der Waals surface area contributed by atoms with Gasteiger partial charge in [-0.2, -0.15) is 10.2 Å². The van der Waals surface area contributed by atoms with Crippen molar-refractivity contribution < 1.29 is 4.42 Å². The monoisotopic (exact) mass is 171 g/mol. The van der Waals surface area contributed by atoms with Crippen molar-refractivity contribution in [1.82, 2.24) is 15.2 Å². The molecule has 0 atom stereocenters. The van der Waals surface area contributed by atoms with Crippen LogP contribution < -0.4 is 0 Å². The molecule has 0 N–H and O–H groups in total. The van der Waals surface area contributed by atoms with Crippen LogP contribution in [0.3, 0.4) is 0 Å². The Balaban J connectivity index is 2.57. The van der Waals surface area contributed by atoms with Crippen LogP contribution in [0.1, 0.15) is 0 Å². The molecule has 0 saturated carbocycles. The van der Waals surface area contributed by atoms with Crippen molar-refractivity contribution in [2.24, 2.45) is 0 Å². The Hall–Kier alpha value is -1.97. The van der Waals surface area contributed by atoms with Crippen molar-refractivity contribution in [3.63, 3.8) is 0 Å². The Bertz CT molecular complexity index is 523. The molecule has 62 valence electrons. The maximum atomic E-state index is 5.27. The summed E-state index contributed by atoms with van der Waals surface area (Å²) >= 11 is 0. The summed E-state index contributed by atoms with van der Waals surface area (Å²) in [6.45, 7) is 0. The summed E-state index contributed by atoms with van der Waals surface area (Å²) in [5.41, 5.74) is 2.40. The highest BCUT2D eigenvalue weighted by Crippen LogP contribution is 2.18. The molecule has 0 fully saturated rings. The van der Waals surface area contributed by atoms with Gasteiger partial charge in [0.1, 0.15) is 11.8 Å². The first kappa shape index (κ1) is 6.54. The van der Waals surface area contributed by atoms with Gasteiger partial charge in [0.15, 0.2) is 5.58 Å². The predicted molar refractivity (Wildman–Crippen MR) is 47.1 cm³/mol. The Kier molecular flexibility index (Phi) is 1.14. The highest BCUT2D eigenvalue weighted by molar-refractivity contribution is 5.91. The van der Waals surface area contributed by atoms with Crippen LogP contribution in [0.5, 0.6) is 0 Å². The summed E-state index contributed by atoms with van der Waals surface area (Å²) < 4.78 is 5.27. The Labute approximate surface area is 73.2 Å². The number of hydrogen-bond donors (Lipinski definition) is 0. The largest absolute Gasteiger partial charge is 0.461 e. The summed E-state index contributed by atoms with van der Waals surface area (Å²) in [7, 11) is 0. The lowest BCUT2D eigenvalue weighted by Gasteiger charge is -1.93. The number of aromatic nitrogens is 3. The molecule has 0 bridgehead atoms. The maximum Gasteiger partial charge on any atom is 0.153 e. The summed E-state index contributed by atoms with van der Waals surface area (Å²) in [5, 5.41) is 8.72. The normalized spacial score (nSPS) is 11.1. The fourth-order valence-corrected chi connectivity index (χ4v) is 1.33. The molecule has 0 unspecified atom stereocenters. The molecular weight excluding hydrogens is 166 g/mol. The van der Waals surface area contributed by atoms with Crippen LogP contribution in [0.4, 0.5) is 0 Å². The quantitative estimate of drug-likeness (QED) is 0.517. The first-order chi connectivity index (χ1) is 6.43. The Morgan fingerprint density at radius 2 is 2.15 bits per heavy atom. The second-order valence-electron chi connectivity index (χ2n) is 2.76. The zero-order valence-electron chi connectivity index (χ0n) is 6.64. The highest BCUT2D eigenvalue weighted by atomic mass is 16.3. The second-order valence-corrected chi connectivity index (χ2v) is 2.76. The van der Waals surface area contributed by atoms with E-state index in [-0.39, 0.29) is 0 Å². The van der Waals surface area contributed by atoms with Gasteiger partial charge in [-0.25, -0.2) is 4.98 Å². The van der Waals surface area contributed by atoms with Crippen LogP contribution >= 0.6 is 0 Å². The van der Waals surface area contributed by atoms with E-state index in [0.29, 0.717) is 0 Å². The molecule has 4 nitrogen and oxygen atoms in total. The first-order valence-corrected chi connectivity index (χ1v) is 3.88. The van der Waals surface area contributed by atoms with Crippen LogP contribution in [0.15, 0.2) is 35.2 Å². The third-order valence-corrected chi connectivity index (χ3v) is 1.94. The van der Waals surface area contributed by atoms with Gasteiger partial charge in [0.2, 0.25) is 0 Å². The molecule has 2 heterocycles. The van der Waals surface area contributed by atoms with Gasteiger partial charge in [-0.3, -0.25) is 0 Å². The van der Waals surface area contributed by atoms with Gasteiger partial charge in [0.05, 0.1) is 17.9 Å². The molecule has 0 aliphatic heterocycles. The van der Waals surface area contributed by atoms with E-state index in [9.17, 15) is 0 Å². The van der Waals surface area contributed by atoms with Crippen molar-refractivity contribution in [3.8, 4) is 0 Å². The average Bonchev–Trinajstić information content (AvgIpc) is 2.61. The third-order valence-electron chi connectivity index (χ3n) is 1.94. The molecule has 13 heavy (non-hydrogen) atoms. The molecule has 1 aromatic carbocycles. The smallest absolute Gasteiger partial charge is 0.153 e. The molecule has 2 aromatic heterocycles. The number of rotatable bonds is 0. The predicted octanol–water partition coefficient (Wildman–Crippen LogP) is 1.77. The first-order valence-electron chi connectivity index (χ1n) is 3.88. The topological polar surface area (TPSA) is 51.8 Å². The molecule has 0 aliphatic rings. The van der Waals surface area contributed by atoms with Gasteiger partial charge in [0, 0.05) is 5.39 Å². The Morgan fingerprint density at radius 3 is 3.15 bits per heavy atom. The van der Waals surface area contributed by atoms with Gasteiger partial charge in [-0.05, 0) is 12.1 Å². The third kappa shape index (κ3) is 0.885. The number of benzene rings is 1. The van der Waals surface area contributed by atoms with E-state index in [1.807, 2.05) is 12.1 Å². The van der Waals surface area contributed by atoms with E-state index < -0.39 is 0 Å². The van der Waals surface area contributed by atoms with Crippen molar-refractivity contribution in [2.45, 2.75) is 0 Å². The van der Waals surface area contributed by atoms with E-state index in [1.54, 1.807) is 18.7 Å². The van der Waals surface area contributed by atoms with E-state index in [1.165, 1.54) is 0 Å².